The van der Waals surface area contributed by atoms with Crippen LogP contribution in [0.4, 0.5) is 0 Å². The average Bonchev–Trinajstić information content (AvgIpc) is 2.21. The highest BCUT2D eigenvalue weighted by Gasteiger charge is 2.21. The standard InChI is InChI=1S/C11H15ClN2O/c1-13-10(11(15)14(2)3)8-6-4-5-7-9(8)12/h4-7,10,13H,1-3H3. The highest BCUT2D eigenvalue weighted by atomic mass is 35.5. The van der Waals surface area contributed by atoms with E-state index in [1.807, 2.05) is 18.2 Å². The molecule has 0 aliphatic heterocycles. The van der Waals surface area contributed by atoms with Gasteiger partial charge in [-0.15, -0.1) is 0 Å². The van der Waals surface area contributed by atoms with Crippen molar-refractivity contribution in [2.45, 2.75) is 6.04 Å². The van der Waals surface area contributed by atoms with E-state index >= 15 is 0 Å². The van der Waals surface area contributed by atoms with E-state index in [9.17, 15) is 4.79 Å². The fourth-order valence-corrected chi connectivity index (χ4v) is 1.62. The average molecular weight is 227 g/mol. The van der Waals surface area contributed by atoms with Crippen molar-refractivity contribution in [3.8, 4) is 0 Å². The van der Waals surface area contributed by atoms with Gasteiger partial charge in [-0.05, 0) is 18.7 Å². The fourth-order valence-electron chi connectivity index (χ4n) is 1.38. The number of hydrogen-bond donors (Lipinski definition) is 1. The molecule has 0 heterocycles. The topological polar surface area (TPSA) is 32.3 Å². The third kappa shape index (κ3) is 2.70. The first-order valence-corrected chi connectivity index (χ1v) is 5.08. The zero-order chi connectivity index (χ0) is 11.4. The Morgan fingerprint density at radius 3 is 2.47 bits per heavy atom. The van der Waals surface area contributed by atoms with Gasteiger partial charge in [-0.25, -0.2) is 0 Å². The van der Waals surface area contributed by atoms with Gasteiger partial charge in [-0.1, -0.05) is 29.8 Å². The molecule has 0 saturated heterocycles. The lowest BCUT2D eigenvalue weighted by Gasteiger charge is -2.21. The SMILES string of the molecule is CNC(C(=O)N(C)C)c1ccccc1Cl. The quantitative estimate of drug-likeness (QED) is 0.851. The molecule has 0 aliphatic rings. The molecule has 1 unspecified atom stereocenters. The molecule has 0 spiro atoms. The second kappa shape index (κ2) is 5.14. The highest BCUT2D eigenvalue weighted by Crippen LogP contribution is 2.23. The molecule has 82 valence electrons. The Kier molecular flexibility index (Phi) is 4.12. The first-order chi connectivity index (χ1) is 7.07. The second-order valence-corrected chi connectivity index (χ2v) is 3.88. The summed E-state index contributed by atoms with van der Waals surface area (Å²) in [5.41, 5.74) is 0.806. The van der Waals surface area contributed by atoms with Gasteiger partial charge >= 0.3 is 0 Å². The summed E-state index contributed by atoms with van der Waals surface area (Å²) in [6.45, 7) is 0. The van der Waals surface area contributed by atoms with E-state index in [0.29, 0.717) is 5.02 Å². The molecule has 1 aromatic carbocycles. The molecule has 0 fully saturated rings. The predicted molar refractivity (Wildman–Crippen MR) is 61.9 cm³/mol. The largest absolute Gasteiger partial charge is 0.347 e. The summed E-state index contributed by atoms with van der Waals surface area (Å²) in [5, 5.41) is 3.57. The summed E-state index contributed by atoms with van der Waals surface area (Å²) >= 11 is 6.04. The van der Waals surface area contributed by atoms with Crippen LogP contribution in [0.5, 0.6) is 0 Å². The Balaban J connectivity index is 3.03. The summed E-state index contributed by atoms with van der Waals surface area (Å²) in [4.78, 5) is 13.4. The number of nitrogens with one attached hydrogen (secondary N) is 1. The number of carbonyl (C=O) groups excluding carboxylic acids is 1. The minimum Gasteiger partial charge on any atom is -0.347 e. The maximum atomic E-state index is 11.8. The number of carbonyl (C=O) groups is 1. The van der Waals surface area contributed by atoms with Crippen LogP contribution in [0.3, 0.4) is 0 Å². The molecule has 0 saturated carbocycles. The molecule has 0 radical (unpaired) electrons. The van der Waals surface area contributed by atoms with Crippen molar-refractivity contribution in [1.82, 2.24) is 10.2 Å². The van der Waals surface area contributed by atoms with E-state index in [4.69, 9.17) is 11.6 Å². The van der Waals surface area contributed by atoms with Crippen molar-refractivity contribution in [1.29, 1.82) is 0 Å². The van der Waals surface area contributed by atoms with Crippen molar-refractivity contribution >= 4 is 17.5 Å². The summed E-state index contributed by atoms with van der Waals surface area (Å²) in [6, 6.07) is 6.97. The Bertz CT molecular complexity index is 352. The van der Waals surface area contributed by atoms with Crippen molar-refractivity contribution in [2.24, 2.45) is 0 Å². The molecule has 1 amide bonds. The summed E-state index contributed by atoms with van der Waals surface area (Å²) in [7, 11) is 5.20. The minimum absolute atomic E-state index is 0.00870. The lowest BCUT2D eigenvalue weighted by Crippen LogP contribution is -2.35. The number of rotatable bonds is 3. The smallest absolute Gasteiger partial charge is 0.243 e. The van der Waals surface area contributed by atoms with E-state index in [0.717, 1.165) is 5.56 Å². The van der Waals surface area contributed by atoms with E-state index in [-0.39, 0.29) is 11.9 Å². The molecule has 0 aliphatic carbocycles. The second-order valence-electron chi connectivity index (χ2n) is 3.48. The van der Waals surface area contributed by atoms with Crippen molar-refractivity contribution < 1.29 is 4.79 Å². The van der Waals surface area contributed by atoms with Gasteiger partial charge in [0.1, 0.15) is 6.04 Å². The molecule has 1 aromatic rings. The van der Waals surface area contributed by atoms with Crippen molar-refractivity contribution in [3.63, 3.8) is 0 Å². The van der Waals surface area contributed by atoms with Crippen LogP contribution in [0.25, 0.3) is 0 Å². The van der Waals surface area contributed by atoms with Gasteiger partial charge in [0.15, 0.2) is 0 Å². The molecule has 3 nitrogen and oxygen atoms in total. The zero-order valence-corrected chi connectivity index (χ0v) is 9.88. The van der Waals surface area contributed by atoms with E-state index in [1.54, 1.807) is 32.1 Å². The fraction of sp³-hybridized carbons (Fsp3) is 0.364. The molecule has 4 heteroatoms. The van der Waals surface area contributed by atoms with Gasteiger partial charge in [-0.2, -0.15) is 0 Å². The van der Waals surface area contributed by atoms with E-state index in [1.165, 1.54) is 0 Å². The van der Waals surface area contributed by atoms with Crippen molar-refractivity contribution in [3.05, 3.63) is 34.9 Å². The lowest BCUT2D eigenvalue weighted by molar-refractivity contribution is -0.130. The van der Waals surface area contributed by atoms with E-state index in [2.05, 4.69) is 5.32 Å². The van der Waals surface area contributed by atoms with Crippen LogP contribution in [-0.2, 0) is 4.79 Å². The number of hydrogen-bond acceptors (Lipinski definition) is 2. The van der Waals surface area contributed by atoms with Crippen LogP contribution < -0.4 is 5.32 Å². The Labute approximate surface area is 95.0 Å². The Morgan fingerprint density at radius 1 is 1.40 bits per heavy atom. The molecular weight excluding hydrogens is 212 g/mol. The van der Waals surface area contributed by atoms with Crippen LogP contribution >= 0.6 is 11.6 Å². The van der Waals surface area contributed by atoms with Crippen LogP contribution in [-0.4, -0.2) is 32.0 Å². The predicted octanol–water partition coefficient (Wildman–Crippen LogP) is 1.69. The van der Waals surface area contributed by atoms with Crippen LogP contribution in [0, 0.1) is 0 Å². The van der Waals surface area contributed by atoms with Gasteiger partial charge < -0.3 is 10.2 Å². The summed E-state index contributed by atoms with van der Waals surface area (Å²) in [6.07, 6.45) is 0. The summed E-state index contributed by atoms with van der Waals surface area (Å²) in [5.74, 6) is -0.00870. The maximum Gasteiger partial charge on any atom is 0.243 e. The molecule has 1 rings (SSSR count). The third-order valence-electron chi connectivity index (χ3n) is 2.19. The normalized spacial score (nSPS) is 12.3. The van der Waals surface area contributed by atoms with Crippen LogP contribution in [0.1, 0.15) is 11.6 Å². The van der Waals surface area contributed by atoms with Gasteiger partial charge in [-0.3, -0.25) is 4.79 Å². The lowest BCUT2D eigenvalue weighted by atomic mass is 10.1. The van der Waals surface area contributed by atoms with Gasteiger partial charge in [0.25, 0.3) is 0 Å². The number of nitrogens with zero attached hydrogens (tertiary/aromatic N) is 1. The molecule has 1 N–H and O–H groups in total. The van der Waals surface area contributed by atoms with Gasteiger partial charge in [0.2, 0.25) is 5.91 Å². The Morgan fingerprint density at radius 2 is 2.00 bits per heavy atom. The van der Waals surface area contributed by atoms with Crippen LogP contribution in [0.2, 0.25) is 5.02 Å². The van der Waals surface area contributed by atoms with E-state index < -0.39 is 0 Å². The number of halogens is 1. The van der Waals surface area contributed by atoms with Crippen LogP contribution in [0.15, 0.2) is 24.3 Å². The first kappa shape index (κ1) is 12.0. The molecule has 0 bridgehead atoms. The zero-order valence-electron chi connectivity index (χ0n) is 9.12. The van der Waals surface area contributed by atoms with Crippen molar-refractivity contribution in [2.75, 3.05) is 21.1 Å². The number of benzene rings is 1. The highest BCUT2D eigenvalue weighted by molar-refractivity contribution is 6.31. The van der Waals surface area contributed by atoms with Gasteiger partial charge in [0, 0.05) is 19.1 Å². The summed E-state index contributed by atoms with van der Waals surface area (Å²) < 4.78 is 0. The molecule has 15 heavy (non-hydrogen) atoms. The molecule has 0 aromatic heterocycles. The first-order valence-electron chi connectivity index (χ1n) is 4.70. The Hall–Kier alpha value is -1.06. The monoisotopic (exact) mass is 226 g/mol. The molecule has 1 atom stereocenters. The van der Waals surface area contributed by atoms with Gasteiger partial charge in [0.05, 0.1) is 0 Å². The third-order valence-corrected chi connectivity index (χ3v) is 2.54. The minimum atomic E-state index is -0.381. The number of amides is 1. The molecular formula is C11H15ClN2O. The maximum absolute atomic E-state index is 11.8. The number of likely N-dealkylation sites (N-methyl/N-ethyl adjacent to an activating group) is 2.